The number of nitrogens with one attached hydrogen (secondary N) is 1. The average Bonchev–Trinajstić information content (AvgIpc) is 2.84. The molecule has 31 heavy (non-hydrogen) atoms. The number of likely N-dealkylation sites (tertiary alicyclic amines) is 1. The Bertz CT molecular complexity index is 922. The Morgan fingerprint density at radius 2 is 1.52 bits per heavy atom. The molecule has 4 nitrogen and oxygen atoms in total. The first-order valence-corrected chi connectivity index (χ1v) is 11.4. The van der Waals surface area contributed by atoms with Crippen molar-refractivity contribution >= 4 is 5.91 Å². The Kier molecular flexibility index (Phi) is 7.46. The van der Waals surface area contributed by atoms with E-state index in [0.717, 1.165) is 45.4 Å². The fourth-order valence-electron chi connectivity index (χ4n) is 4.48. The van der Waals surface area contributed by atoms with Gasteiger partial charge in [-0.25, -0.2) is 0 Å². The van der Waals surface area contributed by atoms with Crippen LogP contribution in [0, 0.1) is 5.92 Å². The highest BCUT2D eigenvalue weighted by Crippen LogP contribution is 2.17. The lowest BCUT2D eigenvalue weighted by atomic mass is 9.94. The van der Waals surface area contributed by atoms with Gasteiger partial charge in [-0.15, -0.1) is 0 Å². The highest BCUT2D eigenvalue weighted by molar-refractivity contribution is 5.79. The first-order valence-electron chi connectivity index (χ1n) is 11.4. The molecule has 0 radical (unpaired) electrons. The summed E-state index contributed by atoms with van der Waals surface area (Å²) in [5.41, 5.74) is 3.75. The molecule has 1 saturated heterocycles. The van der Waals surface area contributed by atoms with Gasteiger partial charge in [0.1, 0.15) is 6.54 Å². The number of benzene rings is 2. The average molecular weight is 415 g/mol. The van der Waals surface area contributed by atoms with E-state index in [0.29, 0.717) is 12.5 Å². The van der Waals surface area contributed by atoms with Crippen molar-refractivity contribution in [3.05, 3.63) is 102 Å². The number of hydrogen-bond acceptors (Lipinski definition) is 2. The van der Waals surface area contributed by atoms with E-state index in [2.05, 4.69) is 64.5 Å². The molecule has 0 aliphatic carbocycles. The van der Waals surface area contributed by atoms with Gasteiger partial charge in [0.05, 0.1) is 13.1 Å². The number of amides is 1. The van der Waals surface area contributed by atoms with E-state index >= 15 is 0 Å². The highest BCUT2D eigenvalue weighted by Gasteiger charge is 2.30. The lowest BCUT2D eigenvalue weighted by Crippen LogP contribution is -3.11. The molecule has 1 fully saturated rings. The summed E-state index contributed by atoms with van der Waals surface area (Å²) in [6.45, 7) is 4.54. The summed E-state index contributed by atoms with van der Waals surface area (Å²) < 4.78 is 0. The number of pyridine rings is 1. The molecule has 1 N–H and O–H groups in total. The topological polar surface area (TPSA) is 37.6 Å². The number of quaternary nitrogens is 1. The molecule has 2 aromatic carbocycles. The molecular formula is C27H32N3O+. The van der Waals surface area contributed by atoms with Gasteiger partial charge in [-0.05, 0) is 23.6 Å². The van der Waals surface area contributed by atoms with Crippen molar-refractivity contribution in [2.75, 3.05) is 19.6 Å². The number of piperidine rings is 1. The number of nitrogens with zero attached hydrogens (tertiary/aromatic N) is 2. The Morgan fingerprint density at radius 1 is 0.871 bits per heavy atom. The largest absolute Gasteiger partial charge is 0.338 e. The Balaban J connectivity index is 1.36. The molecular weight excluding hydrogens is 382 g/mol. The molecule has 0 spiro atoms. The quantitative estimate of drug-likeness (QED) is 0.615. The second kappa shape index (κ2) is 10.9. The lowest BCUT2D eigenvalue weighted by molar-refractivity contribution is -0.919. The van der Waals surface area contributed by atoms with Crippen LogP contribution in [0.5, 0.6) is 0 Å². The summed E-state index contributed by atoms with van der Waals surface area (Å²) >= 11 is 0. The number of rotatable bonds is 8. The van der Waals surface area contributed by atoms with Crippen LogP contribution < -0.4 is 4.90 Å². The summed E-state index contributed by atoms with van der Waals surface area (Å²) in [5.74, 6) is 0.456. The van der Waals surface area contributed by atoms with Gasteiger partial charge < -0.3 is 9.80 Å². The van der Waals surface area contributed by atoms with Crippen LogP contribution in [-0.2, 0) is 24.3 Å². The molecule has 1 aliphatic rings. The maximum Gasteiger partial charge on any atom is 0.226 e. The van der Waals surface area contributed by atoms with Crippen LogP contribution in [0.3, 0.4) is 0 Å². The molecule has 4 heteroatoms. The van der Waals surface area contributed by atoms with Gasteiger partial charge in [-0.3, -0.25) is 9.78 Å². The predicted molar refractivity (Wildman–Crippen MR) is 123 cm³/mol. The van der Waals surface area contributed by atoms with Crippen molar-refractivity contribution in [1.29, 1.82) is 0 Å². The molecule has 4 rings (SSSR count). The lowest BCUT2D eigenvalue weighted by Gasteiger charge is -2.32. The molecule has 0 saturated carbocycles. The molecule has 0 atom stereocenters. The number of hydrogen-bond donors (Lipinski definition) is 1. The molecule has 1 amide bonds. The van der Waals surface area contributed by atoms with E-state index in [1.165, 1.54) is 16.7 Å². The fraction of sp³-hybridized carbons (Fsp3) is 0.333. The zero-order valence-electron chi connectivity index (χ0n) is 18.1. The monoisotopic (exact) mass is 414 g/mol. The minimum absolute atomic E-state index is 0.136. The maximum absolute atomic E-state index is 13.5. The smallest absolute Gasteiger partial charge is 0.226 e. The predicted octanol–water partition coefficient (Wildman–Crippen LogP) is 3.15. The third-order valence-corrected chi connectivity index (χ3v) is 6.26. The van der Waals surface area contributed by atoms with Gasteiger partial charge in [0, 0.05) is 49.8 Å². The van der Waals surface area contributed by atoms with Gasteiger partial charge in [0.25, 0.3) is 0 Å². The summed E-state index contributed by atoms with van der Waals surface area (Å²) in [6.07, 6.45) is 6.59. The van der Waals surface area contributed by atoms with E-state index < -0.39 is 0 Å². The Morgan fingerprint density at radius 3 is 2.16 bits per heavy atom. The van der Waals surface area contributed by atoms with Crippen LogP contribution in [0.4, 0.5) is 0 Å². The van der Waals surface area contributed by atoms with Crippen LogP contribution >= 0.6 is 0 Å². The van der Waals surface area contributed by atoms with E-state index in [4.69, 9.17) is 0 Å². The Labute approximate surface area is 185 Å². The van der Waals surface area contributed by atoms with E-state index in [9.17, 15) is 4.79 Å². The van der Waals surface area contributed by atoms with Gasteiger partial charge in [-0.1, -0.05) is 66.7 Å². The van der Waals surface area contributed by atoms with Crippen LogP contribution in [0.1, 0.15) is 29.5 Å². The molecule has 1 aromatic heterocycles. The van der Waals surface area contributed by atoms with Crippen molar-refractivity contribution in [2.45, 2.75) is 32.4 Å². The van der Waals surface area contributed by atoms with E-state index in [1.807, 2.05) is 30.6 Å². The first kappa shape index (κ1) is 21.3. The molecule has 0 bridgehead atoms. The summed E-state index contributed by atoms with van der Waals surface area (Å²) in [5, 5.41) is 0. The third-order valence-electron chi connectivity index (χ3n) is 6.26. The number of carbonyl (C=O) groups is 1. The minimum atomic E-state index is 0.136. The van der Waals surface area contributed by atoms with E-state index in [1.54, 1.807) is 4.90 Å². The summed E-state index contributed by atoms with van der Waals surface area (Å²) in [4.78, 5) is 21.4. The number of aromatic nitrogens is 1. The maximum atomic E-state index is 13.5. The molecule has 3 aromatic rings. The van der Waals surface area contributed by atoms with Crippen LogP contribution in [0.2, 0.25) is 0 Å². The van der Waals surface area contributed by atoms with Gasteiger partial charge in [0.15, 0.2) is 0 Å². The van der Waals surface area contributed by atoms with Crippen molar-refractivity contribution in [3.8, 4) is 0 Å². The van der Waals surface area contributed by atoms with Crippen molar-refractivity contribution in [1.82, 2.24) is 9.88 Å². The first-order chi connectivity index (χ1) is 15.3. The summed E-state index contributed by atoms with van der Waals surface area (Å²) in [7, 11) is 0. The molecule has 0 unspecified atom stereocenters. The number of carbonyl (C=O) groups excluding carboxylic acids is 1. The van der Waals surface area contributed by atoms with Gasteiger partial charge in [0.2, 0.25) is 5.91 Å². The summed E-state index contributed by atoms with van der Waals surface area (Å²) in [6, 6.07) is 25.0. The van der Waals surface area contributed by atoms with Crippen LogP contribution in [0.15, 0.2) is 85.2 Å². The van der Waals surface area contributed by atoms with Gasteiger partial charge >= 0.3 is 0 Å². The van der Waals surface area contributed by atoms with Crippen molar-refractivity contribution in [3.63, 3.8) is 0 Å². The Hall–Kier alpha value is -2.98. The second-order valence-electron chi connectivity index (χ2n) is 8.54. The second-order valence-corrected chi connectivity index (χ2v) is 8.54. The zero-order valence-corrected chi connectivity index (χ0v) is 18.1. The van der Waals surface area contributed by atoms with Crippen LogP contribution in [-0.4, -0.2) is 35.4 Å². The fourth-order valence-corrected chi connectivity index (χ4v) is 4.48. The SMILES string of the molecule is O=C(C1CC[NH+](Cc2cccnc2)CC1)N(CCc1ccccc1)Cc1ccccc1. The molecule has 160 valence electrons. The van der Waals surface area contributed by atoms with Crippen molar-refractivity contribution in [2.24, 2.45) is 5.92 Å². The highest BCUT2D eigenvalue weighted by atomic mass is 16.2. The standard InChI is InChI=1S/C27H31N3O/c31-27(26-14-17-29(18-15-26)21-25-12-7-16-28-20-25)30(22-24-10-5-2-6-11-24)19-13-23-8-3-1-4-9-23/h1-12,16,20,26H,13-15,17-19,21-22H2/p+1. The third kappa shape index (κ3) is 6.25. The minimum Gasteiger partial charge on any atom is -0.338 e. The zero-order chi connectivity index (χ0) is 21.3. The van der Waals surface area contributed by atoms with Crippen LogP contribution in [0.25, 0.3) is 0 Å². The van der Waals surface area contributed by atoms with Crippen molar-refractivity contribution < 1.29 is 9.69 Å². The molecule has 2 heterocycles. The van der Waals surface area contributed by atoms with E-state index in [-0.39, 0.29) is 5.92 Å². The molecule has 1 aliphatic heterocycles. The van der Waals surface area contributed by atoms with Gasteiger partial charge in [-0.2, -0.15) is 0 Å². The normalized spacial score (nSPS) is 18.5.